The van der Waals surface area contributed by atoms with Gasteiger partial charge in [0.2, 0.25) is 5.82 Å². The summed E-state index contributed by atoms with van der Waals surface area (Å²) in [6.07, 6.45) is 1.62. The first-order valence-corrected chi connectivity index (χ1v) is 9.73. The number of aryl methyl sites for hydroxylation is 1. The van der Waals surface area contributed by atoms with E-state index in [9.17, 15) is 4.79 Å². The minimum absolute atomic E-state index is 0.125. The smallest absolute Gasteiger partial charge is 0.341 e. The Labute approximate surface area is 170 Å². The van der Waals surface area contributed by atoms with Crippen molar-refractivity contribution in [2.24, 2.45) is 0 Å². The van der Waals surface area contributed by atoms with Crippen LogP contribution in [0.4, 0.5) is 0 Å². The van der Waals surface area contributed by atoms with Gasteiger partial charge in [-0.3, -0.25) is 0 Å². The molecule has 0 aliphatic heterocycles. The van der Waals surface area contributed by atoms with Crippen LogP contribution in [0.25, 0.3) is 11.4 Å². The van der Waals surface area contributed by atoms with Crippen LogP contribution in [0.3, 0.4) is 0 Å². The second kappa shape index (κ2) is 8.70. The van der Waals surface area contributed by atoms with Crippen LogP contribution in [0.2, 0.25) is 0 Å². The number of pyridine rings is 1. The van der Waals surface area contributed by atoms with E-state index in [-0.39, 0.29) is 12.5 Å². The third-order valence-corrected chi connectivity index (χ3v) is 4.89. The van der Waals surface area contributed by atoms with Crippen molar-refractivity contribution >= 4 is 17.7 Å². The normalized spacial score (nSPS) is 10.8. The van der Waals surface area contributed by atoms with Crippen LogP contribution in [-0.4, -0.2) is 26.3 Å². The molecule has 0 saturated carbocycles. The monoisotopic (exact) mass is 408 g/mol. The zero-order valence-electron chi connectivity index (χ0n) is 15.4. The average Bonchev–Trinajstić information content (AvgIpc) is 3.40. The first-order valence-electron chi connectivity index (χ1n) is 8.74. The average molecular weight is 408 g/mol. The molecule has 146 valence electrons. The number of aromatic nitrogens is 4. The summed E-state index contributed by atoms with van der Waals surface area (Å²) in [6.45, 7) is 1.70. The third-order valence-electron chi connectivity index (χ3n) is 3.85. The minimum atomic E-state index is -0.517. The van der Waals surface area contributed by atoms with Crippen molar-refractivity contribution in [3.8, 4) is 11.4 Å². The molecule has 0 fully saturated rings. The van der Waals surface area contributed by atoms with Gasteiger partial charge in [-0.15, -0.1) is 0 Å². The van der Waals surface area contributed by atoms with Gasteiger partial charge < -0.3 is 13.8 Å². The van der Waals surface area contributed by atoms with Crippen molar-refractivity contribution in [1.29, 1.82) is 0 Å². The number of thioether (sulfide) groups is 1. The van der Waals surface area contributed by atoms with Gasteiger partial charge in [0.25, 0.3) is 5.89 Å². The topological polar surface area (TPSA) is 104 Å². The first-order chi connectivity index (χ1) is 14.2. The Morgan fingerprint density at radius 3 is 2.76 bits per heavy atom. The molecule has 0 unspecified atom stereocenters. The minimum Gasteiger partial charge on any atom is -0.452 e. The van der Waals surface area contributed by atoms with E-state index >= 15 is 0 Å². The zero-order valence-corrected chi connectivity index (χ0v) is 16.3. The molecule has 3 aromatic heterocycles. The summed E-state index contributed by atoms with van der Waals surface area (Å²) in [4.78, 5) is 21.1. The molecule has 4 aromatic rings. The van der Waals surface area contributed by atoms with Crippen LogP contribution in [0.15, 0.2) is 68.8 Å². The lowest BCUT2D eigenvalue weighted by atomic mass is 10.2. The SMILES string of the molecule is Cc1cc(CSc2ncccc2C(=O)OCc2nc(-c3ccccc3)no2)no1. The van der Waals surface area contributed by atoms with Crippen LogP contribution in [0.5, 0.6) is 0 Å². The Morgan fingerprint density at radius 2 is 1.97 bits per heavy atom. The molecule has 9 heteroatoms. The molecule has 0 N–H and O–H groups in total. The number of rotatable bonds is 7. The van der Waals surface area contributed by atoms with Crippen molar-refractivity contribution in [2.45, 2.75) is 24.3 Å². The number of esters is 1. The fourth-order valence-electron chi connectivity index (χ4n) is 2.51. The third kappa shape index (κ3) is 4.69. The summed E-state index contributed by atoms with van der Waals surface area (Å²) in [5.74, 6) is 1.40. The fraction of sp³-hybridized carbons (Fsp3) is 0.150. The van der Waals surface area contributed by atoms with Crippen molar-refractivity contribution in [1.82, 2.24) is 20.3 Å². The predicted molar refractivity (Wildman–Crippen MR) is 104 cm³/mol. The Hall–Kier alpha value is -3.46. The van der Waals surface area contributed by atoms with Crippen LogP contribution in [0, 0.1) is 6.92 Å². The molecule has 4 rings (SSSR count). The molecular formula is C20H16N4O4S. The molecule has 0 aliphatic carbocycles. The van der Waals surface area contributed by atoms with Crippen molar-refractivity contribution in [2.75, 3.05) is 0 Å². The van der Waals surface area contributed by atoms with Crippen LogP contribution in [-0.2, 0) is 17.1 Å². The molecule has 0 bridgehead atoms. The Morgan fingerprint density at radius 1 is 1.10 bits per heavy atom. The van der Waals surface area contributed by atoms with E-state index in [0.717, 1.165) is 17.0 Å². The maximum atomic E-state index is 12.5. The molecule has 8 nitrogen and oxygen atoms in total. The molecule has 0 radical (unpaired) electrons. The summed E-state index contributed by atoms with van der Waals surface area (Å²) in [5.41, 5.74) is 1.96. The number of carbonyl (C=O) groups excluding carboxylic acids is 1. The van der Waals surface area contributed by atoms with Crippen molar-refractivity contribution in [3.63, 3.8) is 0 Å². The van der Waals surface area contributed by atoms with Crippen molar-refractivity contribution in [3.05, 3.63) is 77.6 Å². The highest BCUT2D eigenvalue weighted by molar-refractivity contribution is 7.98. The second-order valence-electron chi connectivity index (χ2n) is 6.03. The number of nitrogens with zero attached hydrogens (tertiary/aromatic N) is 4. The molecule has 29 heavy (non-hydrogen) atoms. The predicted octanol–water partition coefficient (Wildman–Crippen LogP) is 4.08. The van der Waals surface area contributed by atoms with Gasteiger partial charge in [0.05, 0.1) is 11.3 Å². The Bertz CT molecular complexity index is 1110. The fourth-order valence-corrected chi connectivity index (χ4v) is 3.38. The van der Waals surface area contributed by atoms with Gasteiger partial charge in [-0.05, 0) is 19.1 Å². The number of hydrogen-bond acceptors (Lipinski definition) is 9. The number of benzene rings is 1. The summed E-state index contributed by atoms with van der Waals surface area (Å²) >= 11 is 1.38. The lowest BCUT2D eigenvalue weighted by Gasteiger charge is -2.06. The van der Waals surface area contributed by atoms with Crippen LogP contribution in [0.1, 0.15) is 27.7 Å². The summed E-state index contributed by atoms with van der Waals surface area (Å²) in [6, 6.07) is 14.6. The summed E-state index contributed by atoms with van der Waals surface area (Å²) in [7, 11) is 0. The zero-order chi connectivity index (χ0) is 20.1. The standard InChI is InChI=1S/C20H16N4O4S/c1-13-10-15(23-27-13)12-29-19-16(8-5-9-21-19)20(25)26-11-17-22-18(24-28-17)14-6-3-2-4-7-14/h2-10H,11-12H2,1H3. The number of ether oxygens (including phenoxy) is 1. The van der Waals surface area contributed by atoms with Gasteiger partial charge in [0.15, 0.2) is 6.61 Å². The maximum absolute atomic E-state index is 12.5. The highest BCUT2D eigenvalue weighted by atomic mass is 32.2. The Balaban J connectivity index is 1.39. The lowest BCUT2D eigenvalue weighted by molar-refractivity contribution is 0.0424. The second-order valence-corrected chi connectivity index (χ2v) is 6.99. The van der Waals surface area contributed by atoms with E-state index in [0.29, 0.717) is 22.2 Å². The number of carbonyl (C=O) groups is 1. The molecule has 1 aromatic carbocycles. The van der Waals surface area contributed by atoms with E-state index in [4.69, 9.17) is 13.8 Å². The van der Waals surface area contributed by atoms with Crippen LogP contribution < -0.4 is 0 Å². The van der Waals surface area contributed by atoms with Gasteiger partial charge in [-0.2, -0.15) is 4.98 Å². The number of hydrogen-bond donors (Lipinski definition) is 0. The molecule has 0 amide bonds. The van der Waals surface area contributed by atoms with E-state index < -0.39 is 5.97 Å². The molecule has 0 aliphatic rings. The van der Waals surface area contributed by atoms with Crippen molar-refractivity contribution < 1.29 is 18.6 Å². The van der Waals surface area contributed by atoms with Gasteiger partial charge in [-0.1, -0.05) is 52.4 Å². The van der Waals surface area contributed by atoms with Gasteiger partial charge in [0.1, 0.15) is 10.8 Å². The lowest BCUT2D eigenvalue weighted by Crippen LogP contribution is -2.08. The quantitative estimate of drug-likeness (QED) is 0.330. The van der Waals surface area contributed by atoms with Gasteiger partial charge in [-0.25, -0.2) is 9.78 Å². The molecule has 0 saturated heterocycles. The van der Waals surface area contributed by atoms with E-state index in [1.165, 1.54) is 11.8 Å². The Kier molecular flexibility index (Phi) is 5.66. The molecule has 0 atom stereocenters. The first kappa shape index (κ1) is 18.9. The molecule has 0 spiro atoms. The van der Waals surface area contributed by atoms with Crippen LogP contribution >= 0.6 is 11.8 Å². The van der Waals surface area contributed by atoms with E-state index in [2.05, 4.69) is 20.3 Å². The highest BCUT2D eigenvalue weighted by Crippen LogP contribution is 2.25. The maximum Gasteiger partial charge on any atom is 0.341 e. The van der Waals surface area contributed by atoms with E-state index in [1.807, 2.05) is 43.3 Å². The highest BCUT2D eigenvalue weighted by Gasteiger charge is 2.17. The van der Waals surface area contributed by atoms with Gasteiger partial charge >= 0.3 is 5.97 Å². The molecular weight excluding hydrogens is 392 g/mol. The van der Waals surface area contributed by atoms with Gasteiger partial charge in [0, 0.05) is 23.6 Å². The molecule has 3 heterocycles. The van der Waals surface area contributed by atoms with E-state index in [1.54, 1.807) is 18.3 Å². The summed E-state index contributed by atoms with van der Waals surface area (Å²) < 4.78 is 15.6. The summed E-state index contributed by atoms with van der Waals surface area (Å²) in [5, 5.41) is 8.40. The largest absolute Gasteiger partial charge is 0.452 e.